The van der Waals surface area contributed by atoms with Gasteiger partial charge in [0.25, 0.3) is 0 Å². The molecule has 0 amide bonds. The van der Waals surface area contributed by atoms with E-state index >= 15 is 0 Å². The SMILES string of the molecule is CCCN(CCC)S(=O)(=O)Cc1ccccc1C(N)=S. The van der Waals surface area contributed by atoms with Crippen molar-refractivity contribution in [2.45, 2.75) is 32.4 Å². The molecule has 112 valence electrons. The monoisotopic (exact) mass is 314 g/mol. The van der Waals surface area contributed by atoms with Gasteiger partial charge in [0.2, 0.25) is 10.0 Å². The Morgan fingerprint density at radius 2 is 1.75 bits per heavy atom. The molecule has 0 bridgehead atoms. The van der Waals surface area contributed by atoms with E-state index in [0.29, 0.717) is 24.2 Å². The maximum Gasteiger partial charge on any atom is 0.218 e. The summed E-state index contributed by atoms with van der Waals surface area (Å²) in [6.07, 6.45) is 1.60. The van der Waals surface area contributed by atoms with Gasteiger partial charge >= 0.3 is 0 Å². The summed E-state index contributed by atoms with van der Waals surface area (Å²) in [5, 5.41) is 0. The first kappa shape index (κ1) is 17.1. The second kappa shape index (κ2) is 7.71. The van der Waals surface area contributed by atoms with Gasteiger partial charge in [0.15, 0.2) is 0 Å². The molecule has 6 heteroatoms. The lowest BCUT2D eigenvalue weighted by Gasteiger charge is -2.21. The second-order valence-corrected chi connectivity index (χ2v) is 7.09. The van der Waals surface area contributed by atoms with Gasteiger partial charge in [-0.3, -0.25) is 0 Å². The third-order valence-corrected chi connectivity index (χ3v) is 5.01. The predicted octanol–water partition coefficient (Wildman–Crippen LogP) is 2.27. The molecular weight excluding hydrogens is 292 g/mol. The minimum absolute atomic E-state index is 0.0550. The Bertz CT molecular complexity index is 550. The molecule has 0 aliphatic carbocycles. The maximum absolute atomic E-state index is 12.5. The Morgan fingerprint density at radius 1 is 1.20 bits per heavy atom. The van der Waals surface area contributed by atoms with Crippen molar-refractivity contribution >= 4 is 27.2 Å². The summed E-state index contributed by atoms with van der Waals surface area (Å²) < 4.78 is 26.5. The van der Waals surface area contributed by atoms with Gasteiger partial charge in [0, 0.05) is 18.7 Å². The molecule has 0 spiro atoms. The second-order valence-electron chi connectivity index (χ2n) is 4.68. The van der Waals surface area contributed by atoms with Crippen molar-refractivity contribution in [1.29, 1.82) is 0 Å². The molecule has 0 atom stereocenters. The summed E-state index contributed by atoms with van der Waals surface area (Å²) in [7, 11) is -3.34. The van der Waals surface area contributed by atoms with Gasteiger partial charge in [0.1, 0.15) is 4.99 Å². The van der Waals surface area contributed by atoms with Crippen molar-refractivity contribution in [3.63, 3.8) is 0 Å². The van der Waals surface area contributed by atoms with Gasteiger partial charge in [0.05, 0.1) is 5.75 Å². The first-order chi connectivity index (χ1) is 9.42. The molecule has 0 saturated heterocycles. The highest BCUT2D eigenvalue weighted by molar-refractivity contribution is 7.88. The van der Waals surface area contributed by atoms with Crippen LogP contribution in [0.4, 0.5) is 0 Å². The largest absolute Gasteiger partial charge is 0.389 e. The summed E-state index contributed by atoms with van der Waals surface area (Å²) in [6, 6.07) is 7.14. The van der Waals surface area contributed by atoms with Gasteiger partial charge in [-0.2, -0.15) is 0 Å². The summed E-state index contributed by atoms with van der Waals surface area (Å²) >= 11 is 4.98. The molecule has 1 rings (SSSR count). The van der Waals surface area contributed by atoms with E-state index in [1.54, 1.807) is 28.6 Å². The van der Waals surface area contributed by atoms with Crippen molar-refractivity contribution in [1.82, 2.24) is 4.31 Å². The zero-order valence-corrected chi connectivity index (χ0v) is 13.6. The van der Waals surface area contributed by atoms with Crippen molar-refractivity contribution < 1.29 is 8.42 Å². The highest BCUT2D eigenvalue weighted by atomic mass is 32.2. The van der Waals surface area contributed by atoms with Crippen LogP contribution in [0, 0.1) is 0 Å². The van der Waals surface area contributed by atoms with E-state index in [0.717, 1.165) is 12.8 Å². The lowest BCUT2D eigenvalue weighted by Crippen LogP contribution is -2.34. The molecular formula is C14H22N2O2S2. The minimum Gasteiger partial charge on any atom is -0.389 e. The zero-order chi connectivity index (χ0) is 15.2. The van der Waals surface area contributed by atoms with E-state index in [9.17, 15) is 8.42 Å². The molecule has 1 aromatic rings. The topological polar surface area (TPSA) is 63.4 Å². The van der Waals surface area contributed by atoms with Crippen LogP contribution in [0.3, 0.4) is 0 Å². The van der Waals surface area contributed by atoms with E-state index in [-0.39, 0.29) is 10.7 Å². The molecule has 0 radical (unpaired) electrons. The fourth-order valence-corrected chi connectivity index (χ4v) is 4.01. The average molecular weight is 314 g/mol. The number of benzene rings is 1. The number of hydrogen-bond acceptors (Lipinski definition) is 3. The van der Waals surface area contributed by atoms with Gasteiger partial charge in [-0.1, -0.05) is 50.3 Å². The lowest BCUT2D eigenvalue weighted by molar-refractivity contribution is 0.409. The van der Waals surface area contributed by atoms with Crippen molar-refractivity contribution in [2.75, 3.05) is 13.1 Å². The normalized spacial score (nSPS) is 11.8. The number of nitrogens with zero attached hydrogens (tertiary/aromatic N) is 1. The van der Waals surface area contributed by atoms with Crippen LogP contribution in [-0.4, -0.2) is 30.8 Å². The van der Waals surface area contributed by atoms with Crippen LogP contribution < -0.4 is 5.73 Å². The van der Waals surface area contributed by atoms with Crippen LogP contribution in [0.5, 0.6) is 0 Å². The molecule has 0 aliphatic rings. The summed E-state index contributed by atoms with van der Waals surface area (Å²) in [6.45, 7) is 5.04. The molecule has 20 heavy (non-hydrogen) atoms. The molecule has 0 saturated carbocycles. The van der Waals surface area contributed by atoms with Crippen molar-refractivity contribution in [2.24, 2.45) is 5.73 Å². The van der Waals surface area contributed by atoms with Gasteiger partial charge in [-0.05, 0) is 18.4 Å². The fraction of sp³-hybridized carbons (Fsp3) is 0.500. The number of nitrogens with two attached hydrogens (primary N) is 1. The molecule has 0 unspecified atom stereocenters. The van der Waals surface area contributed by atoms with E-state index in [4.69, 9.17) is 18.0 Å². The van der Waals surface area contributed by atoms with Crippen LogP contribution in [0.25, 0.3) is 0 Å². The smallest absolute Gasteiger partial charge is 0.218 e. The van der Waals surface area contributed by atoms with Crippen LogP contribution in [0.1, 0.15) is 37.8 Å². The van der Waals surface area contributed by atoms with Crippen LogP contribution in [0.15, 0.2) is 24.3 Å². The third kappa shape index (κ3) is 4.54. The van der Waals surface area contributed by atoms with Gasteiger partial charge in [-0.25, -0.2) is 12.7 Å². The van der Waals surface area contributed by atoms with Crippen LogP contribution in [-0.2, 0) is 15.8 Å². The molecule has 0 aromatic heterocycles. The quantitative estimate of drug-likeness (QED) is 0.748. The Balaban J connectivity index is 3.03. The molecule has 1 aromatic carbocycles. The molecule has 0 fully saturated rings. The minimum atomic E-state index is -3.34. The van der Waals surface area contributed by atoms with E-state index in [1.807, 2.05) is 13.8 Å². The van der Waals surface area contributed by atoms with Gasteiger partial charge in [-0.15, -0.1) is 0 Å². The van der Waals surface area contributed by atoms with E-state index in [2.05, 4.69) is 0 Å². The van der Waals surface area contributed by atoms with Crippen LogP contribution >= 0.6 is 12.2 Å². The van der Waals surface area contributed by atoms with E-state index in [1.165, 1.54) is 0 Å². The van der Waals surface area contributed by atoms with Crippen molar-refractivity contribution in [3.8, 4) is 0 Å². The van der Waals surface area contributed by atoms with Crippen LogP contribution in [0.2, 0.25) is 0 Å². The Labute approximate surface area is 127 Å². The predicted molar refractivity (Wildman–Crippen MR) is 87.1 cm³/mol. The highest BCUT2D eigenvalue weighted by Gasteiger charge is 2.22. The van der Waals surface area contributed by atoms with E-state index < -0.39 is 10.0 Å². The molecule has 4 nitrogen and oxygen atoms in total. The lowest BCUT2D eigenvalue weighted by atomic mass is 10.1. The fourth-order valence-electron chi connectivity index (χ4n) is 2.06. The average Bonchev–Trinajstić information content (AvgIpc) is 2.38. The zero-order valence-electron chi connectivity index (χ0n) is 12.0. The Kier molecular flexibility index (Phi) is 6.58. The first-order valence-corrected chi connectivity index (χ1v) is 8.79. The highest BCUT2D eigenvalue weighted by Crippen LogP contribution is 2.16. The molecule has 2 N–H and O–H groups in total. The summed E-state index contributed by atoms with van der Waals surface area (Å²) in [5.41, 5.74) is 6.95. The Hall–Kier alpha value is -0.980. The number of rotatable bonds is 8. The van der Waals surface area contributed by atoms with Gasteiger partial charge < -0.3 is 5.73 Å². The summed E-state index contributed by atoms with van der Waals surface area (Å²) in [5.74, 6) is -0.0550. The first-order valence-electron chi connectivity index (χ1n) is 6.77. The standard InChI is InChI=1S/C14H22N2O2S2/c1-3-9-16(10-4-2)20(17,18)11-12-7-5-6-8-13(12)14(15)19/h5-8H,3-4,9-11H2,1-2H3,(H2,15,19). The maximum atomic E-state index is 12.5. The number of thiocarbonyl (C=S) groups is 1. The molecule has 0 heterocycles. The third-order valence-electron chi connectivity index (χ3n) is 2.96. The number of sulfonamides is 1. The molecule has 0 aliphatic heterocycles. The van der Waals surface area contributed by atoms with Crippen molar-refractivity contribution in [3.05, 3.63) is 35.4 Å². The Morgan fingerprint density at radius 3 is 2.25 bits per heavy atom. The number of hydrogen-bond donors (Lipinski definition) is 1. The summed E-state index contributed by atoms with van der Waals surface area (Å²) in [4.78, 5) is 0.230.